The van der Waals surface area contributed by atoms with E-state index in [-0.39, 0.29) is 0 Å². The normalized spacial score (nSPS) is 14.3. The Hall–Kier alpha value is -0.950. The van der Waals surface area contributed by atoms with Crippen molar-refractivity contribution in [3.8, 4) is 0 Å². The molecule has 0 rings (SSSR count). The largest absolute Gasteiger partial charge is 0.394 e. The van der Waals surface area contributed by atoms with Gasteiger partial charge in [0.25, 0.3) is 0 Å². The lowest BCUT2D eigenvalue weighted by Crippen LogP contribution is -2.53. The smallest absolute Gasteiger partial charge is 0.249 e. The van der Waals surface area contributed by atoms with E-state index in [1.165, 1.54) is 161 Å². The molecule has 0 aliphatic rings. The maximum Gasteiger partial charge on any atom is 0.249 e. The third-order valence-electron chi connectivity index (χ3n) is 10.2. The van der Waals surface area contributed by atoms with Crippen molar-refractivity contribution in [1.82, 2.24) is 5.32 Å². The Kier molecular flexibility index (Phi) is 37.5. The van der Waals surface area contributed by atoms with E-state index in [0.717, 1.165) is 38.5 Å². The Labute approximate surface area is 304 Å². The number of hydrogen-bond acceptors (Lipinski definition) is 5. The number of aliphatic hydroxyl groups excluding tert-OH is 4. The van der Waals surface area contributed by atoms with E-state index < -0.39 is 36.9 Å². The number of allylic oxidation sites excluding steroid dienone is 2. The van der Waals surface area contributed by atoms with Crippen LogP contribution in [0.2, 0.25) is 0 Å². The molecule has 0 radical (unpaired) electrons. The van der Waals surface area contributed by atoms with Gasteiger partial charge in [0, 0.05) is 0 Å². The van der Waals surface area contributed by atoms with Crippen molar-refractivity contribution in [2.75, 3.05) is 6.61 Å². The molecule has 4 unspecified atom stereocenters. The van der Waals surface area contributed by atoms with Crippen molar-refractivity contribution in [3.05, 3.63) is 12.2 Å². The Morgan fingerprint density at radius 3 is 1.18 bits per heavy atom. The Morgan fingerprint density at radius 1 is 0.490 bits per heavy atom. The van der Waals surface area contributed by atoms with Crippen LogP contribution in [-0.4, -0.2) is 57.3 Å². The van der Waals surface area contributed by atoms with Gasteiger partial charge in [0.05, 0.1) is 18.8 Å². The molecule has 4 atom stereocenters. The highest BCUT2D eigenvalue weighted by molar-refractivity contribution is 5.80. The number of amides is 1. The van der Waals surface area contributed by atoms with Gasteiger partial charge in [-0.15, -0.1) is 0 Å². The number of carbonyl (C=O) groups is 1. The van der Waals surface area contributed by atoms with E-state index in [1.807, 2.05) is 0 Å². The molecule has 0 spiro atoms. The van der Waals surface area contributed by atoms with Crippen molar-refractivity contribution in [3.63, 3.8) is 0 Å². The molecule has 0 aliphatic heterocycles. The van der Waals surface area contributed by atoms with Crippen molar-refractivity contribution < 1.29 is 25.2 Å². The molecule has 6 nitrogen and oxygen atoms in total. The Bertz CT molecular complexity index is 702. The zero-order chi connectivity index (χ0) is 36.0. The highest BCUT2D eigenvalue weighted by atomic mass is 16.3. The Morgan fingerprint density at radius 2 is 0.816 bits per heavy atom. The fourth-order valence-electron chi connectivity index (χ4n) is 6.75. The number of hydrogen-bond donors (Lipinski definition) is 5. The molecule has 0 fully saturated rings. The second kappa shape index (κ2) is 38.3. The molecule has 6 heteroatoms. The first-order chi connectivity index (χ1) is 24.0. The lowest BCUT2D eigenvalue weighted by atomic mass is 9.99. The van der Waals surface area contributed by atoms with Crippen LogP contribution in [0.1, 0.15) is 226 Å². The maximum atomic E-state index is 12.4. The Balaban J connectivity index is 3.62. The summed E-state index contributed by atoms with van der Waals surface area (Å²) in [6.07, 6.45) is 41.2. The van der Waals surface area contributed by atoms with E-state index in [0.29, 0.717) is 12.8 Å². The predicted molar refractivity (Wildman–Crippen MR) is 210 cm³/mol. The van der Waals surface area contributed by atoms with Gasteiger partial charge in [-0.25, -0.2) is 0 Å². The van der Waals surface area contributed by atoms with E-state index in [4.69, 9.17) is 0 Å². The second-order valence-corrected chi connectivity index (χ2v) is 15.0. The molecule has 1 amide bonds. The number of unbranched alkanes of at least 4 members (excludes halogenated alkanes) is 28. The first-order valence-electron chi connectivity index (χ1n) is 21.6. The molecule has 0 aromatic carbocycles. The van der Waals surface area contributed by atoms with Gasteiger partial charge in [0.1, 0.15) is 12.2 Å². The van der Waals surface area contributed by atoms with Crippen molar-refractivity contribution in [1.29, 1.82) is 0 Å². The zero-order valence-electron chi connectivity index (χ0n) is 32.7. The van der Waals surface area contributed by atoms with Crippen LogP contribution in [0.4, 0.5) is 0 Å². The molecular weight excluding hydrogens is 610 g/mol. The molecule has 0 bridgehead atoms. The quantitative estimate of drug-likeness (QED) is 0.0325. The predicted octanol–water partition coefficient (Wildman–Crippen LogP) is 11.0. The minimum Gasteiger partial charge on any atom is -0.394 e. The number of nitrogens with one attached hydrogen (secondary N) is 1. The third kappa shape index (κ3) is 32.7. The van der Waals surface area contributed by atoms with Crippen LogP contribution < -0.4 is 5.32 Å². The summed E-state index contributed by atoms with van der Waals surface area (Å²) in [6, 6.07) is -0.980. The highest BCUT2D eigenvalue weighted by Crippen LogP contribution is 2.16. The average Bonchev–Trinajstić information content (AvgIpc) is 3.11. The minimum absolute atomic E-state index is 0.369. The van der Waals surface area contributed by atoms with Crippen LogP contribution in [0.15, 0.2) is 12.2 Å². The molecule has 0 saturated heterocycles. The summed E-state index contributed by atoms with van der Waals surface area (Å²) in [6.45, 7) is 4.01. The summed E-state index contributed by atoms with van der Waals surface area (Å²) in [5.74, 6) is -0.587. The lowest BCUT2D eigenvalue weighted by Gasteiger charge is -2.27. The molecule has 0 aromatic heterocycles. The highest BCUT2D eigenvalue weighted by Gasteiger charge is 2.28. The van der Waals surface area contributed by atoms with Gasteiger partial charge in [-0.05, 0) is 38.5 Å². The van der Waals surface area contributed by atoms with Gasteiger partial charge < -0.3 is 25.7 Å². The molecule has 0 heterocycles. The van der Waals surface area contributed by atoms with Crippen molar-refractivity contribution >= 4 is 5.91 Å². The van der Waals surface area contributed by atoms with Crippen LogP contribution in [-0.2, 0) is 4.79 Å². The molecule has 0 aromatic rings. The van der Waals surface area contributed by atoms with Crippen molar-refractivity contribution in [2.24, 2.45) is 0 Å². The summed E-state index contributed by atoms with van der Waals surface area (Å²) in [5.41, 5.74) is 0. The monoisotopic (exact) mass is 696 g/mol. The summed E-state index contributed by atoms with van der Waals surface area (Å²) < 4.78 is 0. The first-order valence-corrected chi connectivity index (χ1v) is 21.6. The second-order valence-electron chi connectivity index (χ2n) is 15.0. The molecule has 0 saturated carbocycles. The SMILES string of the molecule is CCCCCCCCCCCCCC/C=C\CCCCCCCCCCCC(O)C(=O)NC(CO)C(O)C(O)CCCCCCCCCC. The standard InChI is InChI=1S/C43H85NO5/c1-3-5-7-9-11-13-14-15-16-17-18-19-20-21-22-23-24-25-26-27-28-29-31-33-35-37-41(47)43(49)44-39(38-45)42(48)40(46)36-34-32-30-12-10-8-6-4-2/h21-22,39-42,45-48H,3-20,23-38H2,1-2H3,(H,44,49)/b22-21-. The minimum atomic E-state index is -1.25. The van der Waals surface area contributed by atoms with E-state index in [2.05, 4.69) is 31.3 Å². The number of carbonyl (C=O) groups excluding carboxylic acids is 1. The van der Waals surface area contributed by atoms with Gasteiger partial charge in [-0.1, -0.05) is 199 Å². The van der Waals surface area contributed by atoms with Gasteiger partial charge in [-0.3, -0.25) is 4.79 Å². The van der Waals surface area contributed by atoms with Crippen LogP contribution in [0.25, 0.3) is 0 Å². The molecule has 292 valence electrons. The fraction of sp³-hybridized carbons (Fsp3) is 0.930. The van der Waals surface area contributed by atoms with Crippen LogP contribution in [0.5, 0.6) is 0 Å². The summed E-state index contributed by atoms with van der Waals surface area (Å²) in [7, 11) is 0. The van der Waals surface area contributed by atoms with Gasteiger partial charge in [0.2, 0.25) is 5.91 Å². The molecule has 0 aliphatic carbocycles. The molecule has 49 heavy (non-hydrogen) atoms. The van der Waals surface area contributed by atoms with E-state index in [9.17, 15) is 25.2 Å². The number of aliphatic hydroxyl groups is 4. The third-order valence-corrected chi connectivity index (χ3v) is 10.2. The molecular formula is C43H85NO5. The van der Waals surface area contributed by atoms with E-state index in [1.54, 1.807) is 0 Å². The summed E-state index contributed by atoms with van der Waals surface area (Å²) in [5, 5.41) is 43.4. The van der Waals surface area contributed by atoms with Gasteiger partial charge in [-0.2, -0.15) is 0 Å². The van der Waals surface area contributed by atoms with Gasteiger partial charge in [0.15, 0.2) is 0 Å². The lowest BCUT2D eigenvalue weighted by molar-refractivity contribution is -0.132. The zero-order valence-corrected chi connectivity index (χ0v) is 32.7. The van der Waals surface area contributed by atoms with Crippen molar-refractivity contribution in [2.45, 2.75) is 250 Å². The van der Waals surface area contributed by atoms with Crippen LogP contribution in [0.3, 0.4) is 0 Å². The van der Waals surface area contributed by atoms with Crippen LogP contribution in [0, 0.1) is 0 Å². The first kappa shape index (κ1) is 48.0. The molecule has 5 N–H and O–H groups in total. The van der Waals surface area contributed by atoms with Crippen LogP contribution >= 0.6 is 0 Å². The number of rotatable bonds is 39. The topological polar surface area (TPSA) is 110 Å². The van der Waals surface area contributed by atoms with Gasteiger partial charge >= 0.3 is 0 Å². The summed E-state index contributed by atoms with van der Waals surface area (Å²) >= 11 is 0. The average molecular weight is 696 g/mol. The van der Waals surface area contributed by atoms with E-state index >= 15 is 0 Å². The maximum absolute atomic E-state index is 12.4. The fourth-order valence-corrected chi connectivity index (χ4v) is 6.75. The summed E-state index contributed by atoms with van der Waals surface area (Å²) in [4.78, 5) is 12.4.